The molecule has 108 valence electrons. The fourth-order valence-corrected chi connectivity index (χ4v) is 2.18. The molecule has 0 bridgehead atoms. The van der Waals surface area contributed by atoms with Crippen molar-refractivity contribution in [1.29, 1.82) is 0 Å². The molecule has 0 fully saturated rings. The number of aryl methyl sites for hydroxylation is 1. The van der Waals surface area contributed by atoms with Crippen LogP contribution in [0.2, 0.25) is 0 Å². The molecule has 0 aliphatic rings. The molecule has 1 aromatic carbocycles. The molecule has 2 unspecified atom stereocenters. The second-order valence-electron chi connectivity index (χ2n) is 4.97. The molecule has 2 nitrogen and oxygen atoms in total. The second kappa shape index (κ2) is 6.39. The van der Waals surface area contributed by atoms with Crippen LogP contribution in [0.1, 0.15) is 36.1 Å². The summed E-state index contributed by atoms with van der Waals surface area (Å²) in [5, 5.41) is 0. The highest BCUT2D eigenvalue weighted by atomic mass is 19.4. The number of ether oxygens (including phenoxy) is 1. The normalized spacial score (nSPS) is 15.3. The van der Waals surface area contributed by atoms with Gasteiger partial charge in [-0.15, -0.1) is 0 Å². The molecular weight excluding hydrogens is 255 g/mol. The quantitative estimate of drug-likeness (QED) is 0.889. The maximum Gasteiger partial charge on any atom is 0.416 e. The van der Waals surface area contributed by atoms with Crippen LogP contribution in [0.5, 0.6) is 0 Å². The van der Waals surface area contributed by atoms with E-state index in [4.69, 9.17) is 10.5 Å². The van der Waals surface area contributed by atoms with Gasteiger partial charge in [-0.25, -0.2) is 0 Å². The molecule has 0 saturated heterocycles. The van der Waals surface area contributed by atoms with Gasteiger partial charge in [0.1, 0.15) is 0 Å². The van der Waals surface area contributed by atoms with Crippen molar-refractivity contribution in [3.8, 4) is 0 Å². The van der Waals surface area contributed by atoms with Crippen molar-refractivity contribution in [3.05, 3.63) is 34.9 Å². The smallest absolute Gasteiger partial charge is 0.384 e. The molecular formula is C14H20F3NO. The molecule has 0 amide bonds. The topological polar surface area (TPSA) is 35.2 Å². The van der Waals surface area contributed by atoms with E-state index in [1.54, 1.807) is 14.0 Å². The van der Waals surface area contributed by atoms with Crippen molar-refractivity contribution < 1.29 is 17.9 Å². The van der Waals surface area contributed by atoms with Gasteiger partial charge in [-0.2, -0.15) is 13.2 Å². The van der Waals surface area contributed by atoms with E-state index in [0.717, 1.165) is 17.7 Å². The fraction of sp³-hybridized carbons (Fsp3) is 0.571. The first-order chi connectivity index (χ1) is 8.75. The number of nitrogens with two attached hydrogens (primary N) is 1. The van der Waals surface area contributed by atoms with Crippen molar-refractivity contribution in [2.75, 3.05) is 13.7 Å². The summed E-state index contributed by atoms with van der Waals surface area (Å²) >= 11 is 0. The van der Waals surface area contributed by atoms with Crippen LogP contribution < -0.4 is 5.73 Å². The molecule has 0 saturated carbocycles. The lowest BCUT2D eigenvalue weighted by Gasteiger charge is -2.19. The summed E-state index contributed by atoms with van der Waals surface area (Å²) in [4.78, 5) is 0. The summed E-state index contributed by atoms with van der Waals surface area (Å²) in [6, 6.07) is 3.44. The third-order valence-corrected chi connectivity index (χ3v) is 3.10. The van der Waals surface area contributed by atoms with E-state index in [9.17, 15) is 13.2 Å². The van der Waals surface area contributed by atoms with Crippen molar-refractivity contribution in [1.82, 2.24) is 0 Å². The Bertz CT molecular complexity index is 418. The second-order valence-corrected chi connectivity index (χ2v) is 4.97. The van der Waals surface area contributed by atoms with Crippen molar-refractivity contribution in [2.24, 2.45) is 11.7 Å². The minimum atomic E-state index is -4.31. The van der Waals surface area contributed by atoms with Crippen LogP contribution in [-0.4, -0.2) is 13.7 Å². The number of rotatable bonds is 5. The Morgan fingerprint density at radius 2 is 1.95 bits per heavy atom. The predicted octanol–water partition coefficient (Wildman–Crippen LogP) is 3.69. The van der Waals surface area contributed by atoms with Crippen LogP contribution in [0.3, 0.4) is 0 Å². The van der Waals surface area contributed by atoms with Gasteiger partial charge in [-0.05, 0) is 42.5 Å². The monoisotopic (exact) mass is 275 g/mol. The van der Waals surface area contributed by atoms with E-state index in [0.29, 0.717) is 18.6 Å². The molecule has 19 heavy (non-hydrogen) atoms. The Kier molecular flexibility index (Phi) is 5.38. The van der Waals surface area contributed by atoms with Gasteiger partial charge in [0.2, 0.25) is 0 Å². The zero-order chi connectivity index (χ0) is 14.6. The maximum atomic E-state index is 12.6. The first-order valence-electron chi connectivity index (χ1n) is 6.18. The Morgan fingerprint density at radius 1 is 1.32 bits per heavy atom. The molecule has 0 aromatic heterocycles. The highest BCUT2D eigenvalue weighted by Gasteiger charge is 2.30. The molecule has 2 N–H and O–H groups in total. The van der Waals surface area contributed by atoms with Gasteiger partial charge in [0.05, 0.1) is 5.56 Å². The molecule has 0 radical (unpaired) electrons. The summed E-state index contributed by atoms with van der Waals surface area (Å²) in [6.45, 7) is 4.25. The van der Waals surface area contributed by atoms with E-state index < -0.39 is 11.7 Å². The molecule has 5 heteroatoms. The van der Waals surface area contributed by atoms with Gasteiger partial charge in [-0.1, -0.05) is 13.0 Å². The van der Waals surface area contributed by atoms with E-state index in [1.807, 2.05) is 6.92 Å². The molecule has 1 aromatic rings. The van der Waals surface area contributed by atoms with Gasteiger partial charge in [-0.3, -0.25) is 0 Å². The Labute approximate surface area is 111 Å². The minimum absolute atomic E-state index is 0.265. The predicted molar refractivity (Wildman–Crippen MR) is 68.8 cm³/mol. The van der Waals surface area contributed by atoms with Crippen molar-refractivity contribution in [3.63, 3.8) is 0 Å². The summed E-state index contributed by atoms with van der Waals surface area (Å²) in [5.74, 6) is 0.265. The van der Waals surface area contributed by atoms with Crippen LogP contribution in [-0.2, 0) is 10.9 Å². The molecule has 0 spiro atoms. The van der Waals surface area contributed by atoms with E-state index in [2.05, 4.69) is 0 Å². The van der Waals surface area contributed by atoms with Gasteiger partial charge < -0.3 is 10.5 Å². The number of hydrogen-bond acceptors (Lipinski definition) is 2. The summed E-state index contributed by atoms with van der Waals surface area (Å²) in [7, 11) is 1.62. The van der Waals surface area contributed by atoms with Crippen LogP contribution in [0, 0.1) is 12.8 Å². The van der Waals surface area contributed by atoms with E-state index in [1.165, 1.54) is 6.07 Å². The molecule has 1 rings (SSSR count). The number of hydrogen-bond donors (Lipinski definition) is 1. The SMILES string of the molecule is COCC(C)CC(N)c1ccc(C(F)(F)F)cc1C. The number of methoxy groups -OCH3 is 1. The van der Waals surface area contributed by atoms with Crippen LogP contribution in [0.15, 0.2) is 18.2 Å². The largest absolute Gasteiger partial charge is 0.416 e. The van der Waals surface area contributed by atoms with Gasteiger partial charge in [0.15, 0.2) is 0 Å². The Balaban J connectivity index is 2.84. The summed E-state index contributed by atoms with van der Waals surface area (Å²) < 4.78 is 42.7. The molecule has 0 heterocycles. The van der Waals surface area contributed by atoms with Crippen LogP contribution >= 0.6 is 0 Å². The average molecular weight is 275 g/mol. The van der Waals surface area contributed by atoms with Gasteiger partial charge >= 0.3 is 6.18 Å². The minimum Gasteiger partial charge on any atom is -0.384 e. The van der Waals surface area contributed by atoms with E-state index >= 15 is 0 Å². The summed E-state index contributed by atoms with van der Waals surface area (Å²) in [5.41, 5.74) is 6.75. The molecule has 0 aliphatic carbocycles. The van der Waals surface area contributed by atoms with Crippen molar-refractivity contribution >= 4 is 0 Å². The maximum absolute atomic E-state index is 12.6. The van der Waals surface area contributed by atoms with Gasteiger partial charge in [0, 0.05) is 19.8 Å². The third-order valence-electron chi connectivity index (χ3n) is 3.10. The molecule has 0 aliphatic heterocycles. The van der Waals surface area contributed by atoms with Crippen molar-refractivity contribution in [2.45, 2.75) is 32.5 Å². The lowest BCUT2D eigenvalue weighted by molar-refractivity contribution is -0.137. The lowest BCUT2D eigenvalue weighted by atomic mass is 9.93. The van der Waals surface area contributed by atoms with Gasteiger partial charge in [0.25, 0.3) is 0 Å². The molecule has 2 atom stereocenters. The first kappa shape index (κ1) is 16.0. The van der Waals surface area contributed by atoms with E-state index in [-0.39, 0.29) is 12.0 Å². The lowest BCUT2D eigenvalue weighted by Crippen LogP contribution is -2.18. The van der Waals surface area contributed by atoms with Crippen LogP contribution in [0.4, 0.5) is 13.2 Å². The zero-order valence-electron chi connectivity index (χ0n) is 11.4. The fourth-order valence-electron chi connectivity index (χ4n) is 2.18. The Morgan fingerprint density at radius 3 is 2.42 bits per heavy atom. The number of halogens is 3. The average Bonchev–Trinajstić information content (AvgIpc) is 2.27. The standard InChI is InChI=1S/C14H20F3NO/c1-9(8-19-3)6-13(18)12-5-4-11(7-10(12)2)14(15,16)17/h4-5,7,9,13H,6,8,18H2,1-3H3. The van der Waals surface area contributed by atoms with Crippen LogP contribution in [0.25, 0.3) is 0 Å². The zero-order valence-corrected chi connectivity index (χ0v) is 11.4. The summed E-state index contributed by atoms with van der Waals surface area (Å²) in [6.07, 6.45) is -3.63. The third kappa shape index (κ3) is 4.51. The Hall–Kier alpha value is -1.07. The first-order valence-corrected chi connectivity index (χ1v) is 6.18. The highest BCUT2D eigenvalue weighted by Crippen LogP contribution is 2.32. The number of benzene rings is 1. The number of alkyl halides is 3. The highest BCUT2D eigenvalue weighted by molar-refractivity contribution is 5.34.